The zero-order chi connectivity index (χ0) is 21.2. The molecule has 0 atom stereocenters. The van der Waals surface area contributed by atoms with E-state index in [1.807, 2.05) is 72.8 Å². The molecule has 3 rings (SSSR count). The van der Waals surface area contributed by atoms with Crippen molar-refractivity contribution in [2.75, 3.05) is 18.9 Å². The maximum atomic E-state index is 12.4. The Kier molecular flexibility index (Phi) is 7.61. The fourth-order valence-electron chi connectivity index (χ4n) is 3.17. The molecule has 0 fully saturated rings. The molecule has 0 heterocycles. The number of nitrogens with zero attached hydrogens (tertiary/aromatic N) is 1. The molecule has 0 unspecified atom stereocenters. The number of benzene rings is 3. The number of nitrogens with one attached hydrogen (secondary N) is 2. The van der Waals surface area contributed by atoms with Gasteiger partial charge in [-0.05, 0) is 29.2 Å². The molecule has 0 saturated heterocycles. The fourth-order valence-corrected chi connectivity index (χ4v) is 3.17. The second kappa shape index (κ2) is 10.8. The van der Waals surface area contributed by atoms with Gasteiger partial charge in [0.2, 0.25) is 5.91 Å². The summed E-state index contributed by atoms with van der Waals surface area (Å²) in [5, 5.41) is 5.77. The van der Waals surface area contributed by atoms with Gasteiger partial charge in [0.05, 0.1) is 0 Å². The summed E-state index contributed by atoms with van der Waals surface area (Å²) in [6.45, 7) is 0.802. The van der Waals surface area contributed by atoms with Crippen molar-refractivity contribution in [3.05, 3.63) is 102 Å². The average Bonchev–Trinajstić information content (AvgIpc) is 2.76. The molecule has 0 spiro atoms. The summed E-state index contributed by atoms with van der Waals surface area (Å²) in [6, 6.07) is 27.5. The van der Waals surface area contributed by atoms with Crippen LogP contribution >= 0.6 is 0 Å². The molecule has 0 saturated carbocycles. The summed E-state index contributed by atoms with van der Waals surface area (Å²) in [5.74, 6) is -0.124. The fraction of sp³-hybridized carbons (Fsp3) is 0.200. The second-order valence-electron chi connectivity index (χ2n) is 7.19. The first-order valence-electron chi connectivity index (χ1n) is 10.1. The SMILES string of the molecule is CN(Cc1ccccc1)C(=O)NCCC(=O)Nc1ccccc1Cc1ccccc1. The highest BCUT2D eigenvalue weighted by molar-refractivity contribution is 5.92. The van der Waals surface area contributed by atoms with Crippen LogP contribution in [0.4, 0.5) is 10.5 Å². The average molecular weight is 402 g/mol. The Morgan fingerprint density at radius 2 is 1.40 bits per heavy atom. The first kappa shape index (κ1) is 21.1. The van der Waals surface area contributed by atoms with E-state index in [0.29, 0.717) is 6.54 Å². The number of carbonyl (C=O) groups is 2. The predicted molar refractivity (Wildman–Crippen MR) is 120 cm³/mol. The molecule has 5 heteroatoms. The zero-order valence-electron chi connectivity index (χ0n) is 17.2. The van der Waals surface area contributed by atoms with Crippen molar-refractivity contribution in [2.45, 2.75) is 19.4 Å². The summed E-state index contributed by atoms with van der Waals surface area (Å²) in [4.78, 5) is 26.2. The third-order valence-electron chi connectivity index (χ3n) is 4.77. The third kappa shape index (κ3) is 6.48. The Labute approximate surface area is 177 Å². The van der Waals surface area contributed by atoms with Gasteiger partial charge in [0.15, 0.2) is 0 Å². The molecule has 0 aromatic heterocycles. The monoisotopic (exact) mass is 401 g/mol. The lowest BCUT2D eigenvalue weighted by molar-refractivity contribution is -0.116. The second-order valence-corrected chi connectivity index (χ2v) is 7.19. The van der Waals surface area contributed by atoms with Crippen LogP contribution in [-0.2, 0) is 17.8 Å². The highest BCUT2D eigenvalue weighted by Crippen LogP contribution is 2.19. The van der Waals surface area contributed by atoms with Crippen molar-refractivity contribution < 1.29 is 9.59 Å². The summed E-state index contributed by atoms with van der Waals surface area (Å²) in [5.41, 5.74) is 4.11. The Morgan fingerprint density at radius 3 is 2.10 bits per heavy atom. The number of hydrogen-bond donors (Lipinski definition) is 2. The van der Waals surface area contributed by atoms with E-state index >= 15 is 0 Å². The molecule has 3 amide bonds. The molecule has 0 aliphatic carbocycles. The van der Waals surface area contributed by atoms with Crippen LogP contribution in [0.1, 0.15) is 23.1 Å². The molecule has 30 heavy (non-hydrogen) atoms. The van der Waals surface area contributed by atoms with Gasteiger partial charge in [-0.15, -0.1) is 0 Å². The minimum Gasteiger partial charge on any atom is -0.337 e. The van der Waals surface area contributed by atoms with Crippen LogP contribution < -0.4 is 10.6 Å². The maximum absolute atomic E-state index is 12.4. The van der Waals surface area contributed by atoms with E-state index in [1.54, 1.807) is 11.9 Å². The molecule has 3 aromatic rings. The normalized spacial score (nSPS) is 10.3. The van der Waals surface area contributed by atoms with Crippen molar-refractivity contribution in [3.63, 3.8) is 0 Å². The van der Waals surface area contributed by atoms with Crippen molar-refractivity contribution in [2.24, 2.45) is 0 Å². The van der Waals surface area contributed by atoms with Crippen LogP contribution in [0.3, 0.4) is 0 Å². The van der Waals surface area contributed by atoms with E-state index in [2.05, 4.69) is 22.8 Å². The molecule has 0 aliphatic rings. The van der Waals surface area contributed by atoms with Crippen molar-refractivity contribution >= 4 is 17.6 Å². The van der Waals surface area contributed by atoms with Crippen molar-refractivity contribution in [1.29, 1.82) is 0 Å². The number of amides is 3. The predicted octanol–water partition coefficient (Wildman–Crippen LogP) is 4.45. The highest BCUT2D eigenvalue weighted by atomic mass is 16.2. The lowest BCUT2D eigenvalue weighted by Gasteiger charge is -2.18. The van der Waals surface area contributed by atoms with Gasteiger partial charge in [-0.2, -0.15) is 0 Å². The first-order chi connectivity index (χ1) is 14.6. The van der Waals surface area contributed by atoms with Gasteiger partial charge in [-0.3, -0.25) is 4.79 Å². The molecule has 0 radical (unpaired) electrons. The van der Waals surface area contributed by atoms with Crippen LogP contribution in [0.25, 0.3) is 0 Å². The Bertz CT molecular complexity index is 958. The number of urea groups is 1. The van der Waals surface area contributed by atoms with Gasteiger partial charge in [0.25, 0.3) is 0 Å². The molecule has 0 aliphatic heterocycles. The van der Waals surface area contributed by atoms with E-state index in [0.717, 1.165) is 23.2 Å². The lowest BCUT2D eigenvalue weighted by Crippen LogP contribution is -2.38. The minimum atomic E-state index is -0.198. The smallest absolute Gasteiger partial charge is 0.317 e. The first-order valence-corrected chi connectivity index (χ1v) is 10.1. The van der Waals surface area contributed by atoms with Gasteiger partial charge < -0.3 is 15.5 Å². The number of para-hydroxylation sites is 1. The summed E-state index contributed by atoms with van der Waals surface area (Å²) in [7, 11) is 1.74. The Morgan fingerprint density at radius 1 is 0.800 bits per heavy atom. The van der Waals surface area contributed by atoms with Gasteiger partial charge in [0, 0.05) is 32.2 Å². The highest BCUT2D eigenvalue weighted by Gasteiger charge is 2.11. The maximum Gasteiger partial charge on any atom is 0.317 e. The van der Waals surface area contributed by atoms with E-state index < -0.39 is 0 Å². The van der Waals surface area contributed by atoms with E-state index in [4.69, 9.17) is 0 Å². The van der Waals surface area contributed by atoms with E-state index in [9.17, 15) is 9.59 Å². The van der Waals surface area contributed by atoms with Crippen molar-refractivity contribution in [1.82, 2.24) is 10.2 Å². The van der Waals surface area contributed by atoms with Gasteiger partial charge in [-0.25, -0.2) is 4.79 Å². The van der Waals surface area contributed by atoms with Crippen LogP contribution in [-0.4, -0.2) is 30.4 Å². The molecule has 2 N–H and O–H groups in total. The van der Waals surface area contributed by atoms with Crippen LogP contribution in [0.15, 0.2) is 84.9 Å². The Hall–Kier alpha value is -3.60. The summed E-state index contributed by atoms with van der Waals surface area (Å²) < 4.78 is 0. The summed E-state index contributed by atoms with van der Waals surface area (Å²) in [6.07, 6.45) is 0.961. The third-order valence-corrected chi connectivity index (χ3v) is 4.77. The standard InChI is InChI=1S/C25H27N3O2/c1-28(19-21-12-6-3-7-13-21)25(30)26-17-16-24(29)27-23-15-9-8-14-22(23)18-20-10-4-2-5-11-20/h2-15H,16-19H2,1H3,(H,26,30)(H,27,29). The van der Waals surface area contributed by atoms with Crippen LogP contribution in [0.5, 0.6) is 0 Å². The summed E-state index contributed by atoms with van der Waals surface area (Å²) >= 11 is 0. The van der Waals surface area contributed by atoms with E-state index in [-0.39, 0.29) is 24.9 Å². The molecular formula is C25H27N3O2. The van der Waals surface area contributed by atoms with Crippen molar-refractivity contribution in [3.8, 4) is 0 Å². The quantitative estimate of drug-likeness (QED) is 0.586. The lowest BCUT2D eigenvalue weighted by atomic mass is 10.0. The number of anilines is 1. The largest absolute Gasteiger partial charge is 0.337 e. The molecule has 5 nitrogen and oxygen atoms in total. The van der Waals surface area contributed by atoms with Crippen LogP contribution in [0.2, 0.25) is 0 Å². The Balaban J connectivity index is 1.46. The van der Waals surface area contributed by atoms with Gasteiger partial charge in [-0.1, -0.05) is 78.9 Å². The zero-order valence-corrected chi connectivity index (χ0v) is 17.2. The molecule has 3 aromatic carbocycles. The van der Waals surface area contributed by atoms with Gasteiger partial charge in [0.1, 0.15) is 0 Å². The number of rotatable bonds is 8. The molecular weight excluding hydrogens is 374 g/mol. The van der Waals surface area contributed by atoms with Gasteiger partial charge >= 0.3 is 6.03 Å². The topological polar surface area (TPSA) is 61.4 Å². The number of carbonyl (C=O) groups excluding carboxylic acids is 2. The number of hydrogen-bond acceptors (Lipinski definition) is 2. The molecule has 0 bridgehead atoms. The van der Waals surface area contributed by atoms with E-state index in [1.165, 1.54) is 5.56 Å². The minimum absolute atomic E-state index is 0.124. The molecule has 154 valence electrons. The van der Waals surface area contributed by atoms with Crippen LogP contribution in [0, 0.1) is 0 Å².